The van der Waals surface area contributed by atoms with Crippen LogP contribution in [0.15, 0.2) is 48.5 Å². The third-order valence-corrected chi connectivity index (χ3v) is 5.59. The number of amides is 2. The minimum Gasteiger partial charge on any atom is -0.434 e. The van der Waals surface area contributed by atoms with Crippen LogP contribution in [-0.4, -0.2) is 60.4 Å². The fraction of sp³-hybridized carbons (Fsp3) is 0.391. The van der Waals surface area contributed by atoms with Gasteiger partial charge in [0.05, 0.1) is 17.6 Å². The molecule has 0 bridgehead atoms. The zero-order valence-corrected chi connectivity index (χ0v) is 17.9. The Hall–Kier alpha value is -3.07. The molecule has 3 rings (SSSR count). The molecule has 1 aliphatic rings. The molecule has 9 heteroatoms. The van der Waals surface area contributed by atoms with Gasteiger partial charge in [-0.05, 0) is 43.7 Å². The number of halogens is 3. The Kier molecular flexibility index (Phi) is 7.74. The van der Waals surface area contributed by atoms with Crippen LogP contribution >= 0.6 is 0 Å². The highest BCUT2D eigenvalue weighted by Crippen LogP contribution is 2.23. The molecule has 1 N–H and O–H groups in total. The maximum atomic E-state index is 13.1. The predicted octanol–water partition coefficient (Wildman–Crippen LogP) is 3.45. The molecule has 172 valence electrons. The summed E-state index contributed by atoms with van der Waals surface area (Å²) < 4.78 is 42.8. The van der Waals surface area contributed by atoms with Crippen molar-refractivity contribution >= 4 is 11.8 Å². The minimum absolute atomic E-state index is 0.0835. The van der Waals surface area contributed by atoms with Gasteiger partial charge >= 0.3 is 6.61 Å². The molecule has 0 aliphatic carbocycles. The first-order valence-corrected chi connectivity index (χ1v) is 10.4. The summed E-state index contributed by atoms with van der Waals surface area (Å²) in [5.74, 6) is -1.05. The highest BCUT2D eigenvalue weighted by atomic mass is 19.3. The molecule has 32 heavy (non-hydrogen) atoms. The van der Waals surface area contributed by atoms with E-state index in [1.54, 1.807) is 30.0 Å². The molecule has 0 spiro atoms. The van der Waals surface area contributed by atoms with Crippen LogP contribution in [0.5, 0.6) is 5.75 Å². The number of carbonyl (C=O) groups is 2. The van der Waals surface area contributed by atoms with Crippen LogP contribution in [0.1, 0.15) is 35.8 Å². The number of hydrogen-bond donors (Lipinski definition) is 1. The van der Waals surface area contributed by atoms with Gasteiger partial charge in [-0.15, -0.1) is 0 Å². The molecule has 2 aromatic rings. The van der Waals surface area contributed by atoms with Crippen molar-refractivity contribution in [3.05, 3.63) is 65.5 Å². The van der Waals surface area contributed by atoms with E-state index >= 15 is 0 Å². The third kappa shape index (κ3) is 5.79. The van der Waals surface area contributed by atoms with Gasteiger partial charge in [-0.2, -0.15) is 8.78 Å². The van der Waals surface area contributed by atoms with E-state index in [4.69, 9.17) is 0 Å². The number of nitrogens with zero attached hydrogens (tertiary/aromatic N) is 2. The molecule has 2 unspecified atom stereocenters. The smallest absolute Gasteiger partial charge is 0.387 e. The Bertz CT molecular complexity index is 932. The first-order valence-electron chi connectivity index (χ1n) is 10.4. The molecule has 2 atom stereocenters. The first-order chi connectivity index (χ1) is 15.3. The number of benzene rings is 2. The van der Waals surface area contributed by atoms with Crippen LogP contribution in [-0.2, 0) is 4.79 Å². The number of piperazine rings is 1. The van der Waals surface area contributed by atoms with Gasteiger partial charge < -0.3 is 15.0 Å². The standard InChI is InChI=1S/C23H26F3N3O3/c1-15(17-7-9-18(24)10-8-17)27-21(30)16(2)28-11-13-29(14-12-28)22(31)19-5-3-4-6-20(19)32-23(25)26/h3-10,15-16,23H,11-14H2,1-2H3,(H,27,30). The van der Waals surface area contributed by atoms with Gasteiger partial charge in [0.15, 0.2) is 0 Å². The number of nitrogens with one attached hydrogen (secondary N) is 1. The number of carbonyl (C=O) groups excluding carboxylic acids is 2. The Morgan fingerprint density at radius 3 is 2.22 bits per heavy atom. The topological polar surface area (TPSA) is 61.9 Å². The fourth-order valence-corrected chi connectivity index (χ4v) is 3.66. The summed E-state index contributed by atoms with van der Waals surface area (Å²) in [6.45, 7) is 2.23. The lowest BCUT2D eigenvalue weighted by atomic mass is 10.1. The summed E-state index contributed by atoms with van der Waals surface area (Å²) in [5.41, 5.74) is 0.882. The number of hydrogen-bond acceptors (Lipinski definition) is 4. The lowest BCUT2D eigenvalue weighted by Gasteiger charge is -2.37. The summed E-state index contributed by atoms with van der Waals surface area (Å²) in [7, 11) is 0. The van der Waals surface area contributed by atoms with E-state index in [0.717, 1.165) is 5.56 Å². The Morgan fingerprint density at radius 1 is 0.969 bits per heavy atom. The van der Waals surface area contributed by atoms with E-state index in [0.29, 0.717) is 26.2 Å². The molecular formula is C23H26F3N3O3. The second-order valence-electron chi connectivity index (χ2n) is 7.66. The van der Waals surface area contributed by atoms with Crippen LogP contribution in [0.2, 0.25) is 0 Å². The number of para-hydroxylation sites is 1. The van der Waals surface area contributed by atoms with Crippen molar-refractivity contribution in [3.8, 4) is 5.75 Å². The molecule has 1 fully saturated rings. The van der Waals surface area contributed by atoms with E-state index in [-0.39, 0.29) is 35.0 Å². The van der Waals surface area contributed by atoms with Crippen LogP contribution in [0.3, 0.4) is 0 Å². The maximum Gasteiger partial charge on any atom is 0.387 e. The monoisotopic (exact) mass is 449 g/mol. The van der Waals surface area contributed by atoms with E-state index < -0.39 is 12.7 Å². The molecule has 1 saturated heterocycles. The van der Waals surface area contributed by atoms with Crippen LogP contribution in [0, 0.1) is 5.82 Å². The highest BCUT2D eigenvalue weighted by Gasteiger charge is 2.29. The van der Waals surface area contributed by atoms with E-state index in [1.165, 1.54) is 30.3 Å². The Balaban J connectivity index is 1.55. The van der Waals surface area contributed by atoms with Crippen molar-refractivity contribution in [1.29, 1.82) is 0 Å². The van der Waals surface area contributed by atoms with Crippen molar-refractivity contribution in [1.82, 2.24) is 15.1 Å². The summed E-state index contributed by atoms with van der Waals surface area (Å²) in [5, 5.41) is 2.93. The lowest BCUT2D eigenvalue weighted by molar-refractivity contribution is -0.127. The largest absolute Gasteiger partial charge is 0.434 e. The van der Waals surface area contributed by atoms with Gasteiger partial charge in [0, 0.05) is 26.2 Å². The molecule has 0 aromatic heterocycles. The SMILES string of the molecule is CC(NC(=O)C(C)N1CCN(C(=O)c2ccccc2OC(F)F)CC1)c1ccc(F)cc1. The van der Waals surface area contributed by atoms with Crippen LogP contribution in [0.4, 0.5) is 13.2 Å². The second kappa shape index (κ2) is 10.5. The fourth-order valence-electron chi connectivity index (χ4n) is 3.66. The van der Waals surface area contributed by atoms with Gasteiger partial charge in [0.1, 0.15) is 11.6 Å². The molecule has 2 aromatic carbocycles. The minimum atomic E-state index is -3.02. The molecule has 0 saturated carbocycles. The van der Waals surface area contributed by atoms with Gasteiger partial charge in [-0.3, -0.25) is 14.5 Å². The molecule has 0 radical (unpaired) electrons. The summed E-state index contributed by atoms with van der Waals surface area (Å²) in [4.78, 5) is 29.0. The van der Waals surface area contributed by atoms with Crippen LogP contribution < -0.4 is 10.1 Å². The quantitative estimate of drug-likeness (QED) is 0.704. The van der Waals surface area contributed by atoms with Gasteiger partial charge in [-0.25, -0.2) is 4.39 Å². The zero-order chi connectivity index (χ0) is 23.3. The van der Waals surface area contributed by atoms with Crippen molar-refractivity contribution in [2.45, 2.75) is 32.5 Å². The first kappa shape index (κ1) is 23.6. The average Bonchev–Trinajstić information content (AvgIpc) is 2.78. The second-order valence-corrected chi connectivity index (χ2v) is 7.66. The summed E-state index contributed by atoms with van der Waals surface area (Å²) in [6.07, 6.45) is 0. The van der Waals surface area contributed by atoms with E-state index in [9.17, 15) is 22.8 Å². The number of alkyl halides is 2. The number of rotatable bonds is 7. The van der Waals surface area contributed by atoms with Crippen molar-refractivity contribution < 1.29 is 27.5 Å². The van der Waals surface area contributed by atoms with Crippen molar-refractivity contribution in [3.63, 3.8) is 0 Å². The molecule has 1 heterocycles. The van der Waals surface area contributed by atoms with Crippen LogP contribution in [0.25, 0.3) is 0 Å². The van der Waals surface area contributed by atoms with Gasteiger partial charge in [0.25, 0.3) is 5.91 Å². The van der Waals surface area contributed by atoms with Gasteiger partial charge in [-0.1, -0.05) is 24.3 Å². The van der Waals surface area contributed by atoms with E-state index in [1.807, 2.05) is 11.8 Å². The Labute approximate surface area is 184 Å². The van der Waals surface area contributed by atoms with Gasteiger partial charge in [0.2, 0.25) is 5.91 Å². The van der Waals surface area contributed by atoms with Crippen molar-refractivity contribution in [2.24, 2.45) is 0 Å². The van der Waals surface area contributed by atoms with E-state index in [2.05, 4.69) is 10.1 Å². The Morgan fingerprint density at radius 2 is 1.59 bits per heavy atom. The predicted molar refractivity (Wildman–Crippen MR) is 113 cm³/mol. The third-order valence-electron chi connectivity index (χ3n) is 5.59. The number of ether oxygens (including phenoxy) is 1. The summed E-state index contributed by atoms with van der Waals surface area (Å²) >= 11 is 0. The molecular weight excluding hydrogens is 423 g/mol. The lowest BCUT2D eigenvalue weighted by Crippen LogP contribution is -2.55. The normalized spacial score (nSPS) is 16.5. The molecule has 6 nitrogen and oxygen atoms in total. The molecule has 1 aliphatic heterocycles. The average molecular weight is 449 g/mol. The highest BCUT2D eigenvalue weighted by molar-refractivity contribution is 5.97. The molecule has 2 amide bonds. The zero-order valence-electron chi connectivity index (χ0n) is 17.9. The maximum absolute atomic E-state index is 13.1. The summed E-state index contributed by atoms with van der Waals surface area (Å²) in [6, 6.07) is 11.2. The van der Waals surface area contributed by atoms with Crippen molar-refractivity contribution in [2.75, 3.05) is 26.2 Å².